The molecule has 2 aromatic carbocycles. The lowest BCUT2D eigenvalue weighted by Crippen LogP contribution is -2.02. The van der Waals surface area contributed by atoms with Crippen LogP contribution in [0.5, 0.6) is 5.75 Å². The molecular weight excluding hydrogens is 229 g/mol. The number of hydrogen-bond acceptors (Lipinski definition) is 2. The average Bonchev–Trinajstić information content (AvgIpc) is 2.40. The van der Waals surface area contributed by atoms with Crippen molar-refractivity contribution < 1.29 is 9.13 Å². The summed E-state index contributed by atoms with van der Waals surface area (Å²) >= 11 is 0. The second-order valence-corrected chi connectivity index (χ2v) is 4.23. The Kier molecular flexibility index (Phi) is 3.95. The standard InChI is InChI=1S/C15H16FNO/c1-11-2-5-14(6-3-11)18-10-13-8-12(9-17)4-7-15(13)16/h2-8H,9-10,17H2,1H3. The van der Waals surface area contributed by atoms with Gasteiger partial charge in [0, 0.05) is 12.1 Å². The zero-order chi connectivity index (χ0) is 13.0. The summed E-state index contributed by atoms with van der Waals surface area (Å²) < 4.78 is 19.1. The van der Waals surface area contributed by atoms with Crippen LogP contribution in [0.25, 0.3) is 0 Å². The first-order valence-corrected chi connectivity index (χ1v) is 5.86. The average molecular weight is 245 g/mol. The second-order valence-electron chi connectivity index (χ2n) is 4.23. The number of benzene rings is 2. The minimum Gasteiger partial charge on any atom is -0.489 e. The van der Waals surface area contributed by atoms with Crippen molar-refractivity contribution in [2.75, 3.05) is 0 Å². The molecule has 94 valence electrons. The molecule has 0 amide bonds. The molecule has 0 heterocycles. The van der Waals surface area contributed by atoms with Gasteiger partial charge in [0.2, 0.25) is 0 Å². The monoisotopic (exact) mass is 245 g/mol. The quantitative estimate of drug-likeness (QED) is 0.898. The summed E-state index contributed by atoms with van der Waals surface area (Å²) in [5.41, 5.74) is 8.12. The molecule has 2 rings (SSSR count). The molecule has 18 heavy (non-hydrogen) atoms. The summed E-state index contributed by atoms with van der Waals surface area (Å²) in [5, 5.41) is 0. The van der Waals surface area contributed by atoms with Crippen LogP contribution in [0, 0.1) is 12.7 Å². The highest BCUT2D eigenvalue weighted by Crippen LogP contribution is 2.16. The maximum Gasteiger partial charge on any atom is 0.129 e. The fourth-order valence-corrected chi connectivity index (χ4v) is 1.66. The highest BCUT2D eigenvalue weighted by atomic mass is 19.1. The summed E-state index contributed by atoms with van der Waals surface area (Å²) in [6, 6.07) is 12.5. The van der Waals surface area contributed by atoms with E-state index in [1.165, 1.54) is 11.6 Å². The van der Waals surface area contributed by atoms with Crippen molar-refractivity contribution in [2.45, 2.75) is 20.1 Å². The van der Waals surface area contributed by atoms with Crippen molar-refractivity contribution in [3.63, 3.8) is 0 Å². The molecule has 0 aliphatic rings. The summed E-state index contributed by atoms with van der Waals surface area (Å²) in [4.78, 5) is 0. The van der Waals surface area contributed by atoms with Crippen LogP contribution < -0.4 is 10.5 Å². The highest BCUT2D eigenvalue weighted by Gasteiger charge is 2.04. The van der Waals surface area contributed by atoms with Gasteiger partial charge >= 0.3 is 0 Å². The van der Waals surface area contributed by atoms with E-state index in [2.05, 4.69) is 0 Å². The molecule has 2 N–H and O–H groups in total. The Morgan fingerprint density at radius 1 is 1.11 bits per heavy atom. The van der Waals surface area contributed by atoms with Crippen molar-refractivity contribution in [3.05, 3.63) is 65.0 Å². The molecule has 0 aliphatic carbocycles. The van der Waals surface area contributed by atoms with Crippen LogP contribution in [0.2, 0.25) is 0 Å². The third-order valence-electron chi connectivity index (χ3n) is 2.76. The fraction of sp³-hybridized carbons (Fsp3) is 0.200. The number of ether oxygens (including phenoxy) is 1. The van der Waals surface area contributed by atoms with Crippen molar-refractivity contribution in [2.24, 2.45) is 5.73 Å². The van der Waals surface area contributed by atoms with E-state index in [0.717, 1.165) is 11.3 Å². The van der Waals surface area contributed by atoms with Gasteiger partial charge in [0.1, 0.15) is 18.2 Å². The summed E-state index contributed by atoms with van der Waals surface area (Å²) in [6.45, 7) is 2.62. The molecule has 0 aliphatic heterocycles. The lowest BCUT2D eigenvalue weighted by molar-refractivity contribution is 0.299. The van der Waals surface area contributed by atoms with E-state index in [0.29, 0.717) is 12.1 Å². The molecule has 0 saturated heterocycles. The molecule has 0 aromatic heterocycles. The molecule has 0 fully saturated rings. The minimum atomic E-state index is -0.265. The smallest absolute Gasteiger partial charge is 0.129 e. The van der Waals surface area contributed by atoms with Gasteiger partial charge in [0.15, 0.2) is 0 Å². The van der Waals surface area contributed by atoms with Crippen LogP contribution in [0.3, 0.4) is 0 Å². The topological polar surface area (TPSA) is 35.2 Å². The van der Waals surface area contributed by atoms with Gasteiger partial charge in [-0.2, -0.15) is 0 Å². The molecule has 2 nitrogen and oxygen atoms in total. The Hall–Kier alpha value is -1.87. The lowest BCUT2D eigenvalue weighted by atomic mass is 10.1. The summed E-state index contributed by atoms with van der Waals surface area (Å²) in [7, 11) is 0. The minimum absolute atomic E-state index is 0.211. The maximum absolute atomic E-state index is 13.6. The van der Waals surface area contributed by atoms with Crippen LogP contribution in [0.1, 0.15) is 16.7 Å². The number of aryl methyl sites for hydroxylation is 1. The Balaban J connectivity index is 2.07. The third kappa shape index (κ3) is 3.08. The van der Waals surface area contributed by atoms with Gasteiger partial charge in [-0.1, -0.05) is 23.8 Å². The molecule has 2 aromatic rings. The van der Waals surface area contributed by atoms with E-state index in [4.69, 9.17) is 10.5 Å². The van der Waals surface area contributed by atoms with Crippen molar-refractivity contribution >= 4 is 0 Å². The fourth-order valence-electron chi connectivity index (χ4n) is 1.66. The van der Waals surface area contributed by atoms with Crippen molar-refractivity contribution in [1.29, 1.82) is 0 Å². The number of rotatable bonds is 4. The van der Waals surface area contributed by atoms with E-state index in [1.807, 2.05) is 31.2 Å². The Labute approximate surface area is 106 Å². The number of halogens is 1. The molecule has 0 radical (unpaired) electrons. The highest BCUT2D eigenvalue weighted by molar-refractivity contribution is 5.28. The Bertz CT molecular complexity index is 523. The van der Waals surface area contributed by atoms with Crippen molar-refractivity contribution in [1.82, 2.24) is 0 Å². The van der Waals surface area contributed by atoms with E-state index >= 15 is 0 Å². The lowest BCUT2D eigenvalue weighted by Gasteiger charge is -2.08. The first-order valence-electron chi connectivity index (χ1n) is 5.86. The molecular formula is C15H16FNO. The molecule has 0 saturated carbocycles. The van der Waals surface area contributed by atoms with E-state index in [-0.39, 0.29) is 12.4 Å². The zero-order valence-corrected chi connectivity index (χ0v) is 10.3. The van der Waals surface area contributed by atoms with Crippen LogP contribution >= 0.6 is 0 Å². The van der Waals surface area contributed by atoms with E-state index in [1.54, 1.807) is 12.1 Å². The van der Waals surface area contributed by atoms with Crippen LogP contribution in [-0.2, 0) is 13.2 Å². The van der Waals surface area contributed by atoms with Crippen LogP contribution in [0.15, 0.2) is 42.5 Å². The first-order chi connectivity index (χ1) is 8.69. The second kappa shape index (κ2) is 5.65. The first kappa shape index (κ1) is 12.6. The van der Waals surface area contributed by atoms with Gasteiger partial charge in [-0.25, -0.2) is 4.39 Å². The van der Waals surface area contributed by atoms with E-state index < -0.39 is 0 Å². The zero-order valence-electron chi connectivity index (χ0n) is 10.3. The number of nitrogens with two attached hydrogens (primary N) is 1. The number of hydrogen-bond donors (Lipinski definition) is 1. The van der Waals surface area contributed by atoms with Gasteiger partial charge in [-0.3, -0.25) is 0 Å². The molecule has 0 atom stereocenters. The normalized spacial score (nSPS) is 10.4. The predicted molar refractivity (Wildman–Crippen MR) is 69.8 cm³/mol. The molecule has 3 heteroatoms. The third-order valence-corrected chi connectivity index (χ3v) is 2.76. The predicted octanol–water partition coefficient (Wildman–Crippen LogP) is 3.17. The van der Waals surface area contributed by atoms with Gasteiger partial charge in [0.05, 0.1) is 0 Å². The van der Waals surface area contributed by atoms with Crippen LogP contribution in [-0.4, -0.2) is 0 Å². The van der Waals surface area contributed by atoms with Gasteiger partial charge in [-0.15, -0.1) is 0 Å². The van der Waals surface area contributed by atoms with Gasteiger partial charge < -0.3 is 10.5 Å². The Morgan fingerprint density at radius 2 is 1.83 bits per heavy atom. The summed E-state index contributed by atoms with van der Waals surface area (Å²) in [6.07, 6.45) is 0. The molecule has 0 unspecified atom stereocenters. The van der Waals surface area contributed by atoms with Gasteiger partial charge in [0.25, 0.3) is 0 Å². The SMILES string of the molecule is Cc1ccc(OCc2cc(CN)ccc2F)cc1. The maximum atomic E-state index is 13.6. The molecule has 0 spiro atoms. The van der Waals surface area contributed by atoms with Crippen molar-refractivity contribution in [3.8, 4) is 5.75 Å². The van der Waals surface area contributed by atoms with Crippen LogP contribution in [0.4, 0.5) is 4.39 Å². The van der Waals surface area contributed by atoms with Gasteiger partial charge in [-0.05, 0) is 36.8 Å². The largest absolute Gasteiger partial charge is 0.489 e. The van der Waals surface area contributed by atoms with E-state index in [9.17, 15) is 4.39 Å². The molecule has 0 bridgehead atoms. The summed E-state index contributed by atoms with van der Waals surface area (Å²) in [5.74, 6) is 0.470. The Morgan fingerprint density at radius 3 is 2.50 bits per heavy atom.